The van der Waals surface area contributed by atoms with Crippen LogP contribution in [0.2, 0.25) is 0 Å². The molecule has 5 N–H and O–H groups in total. The van der Waals surface area contributed by atoms with E-state index in [-0.39, 0.29) is 18.2 Å². The Bertz CT molecular complexity index is 1240. The lowest BCUT2D eigenvalue weighted by atomic mass is 10.00. The number of benzene rings is 2. The highest BCUT2D eigenvalue weighted by Gasteiger charge is 2.52. The zero-order chi connectivity index (χ0) is 26.0. The number of anilines is 2. The van der Waals surface area contributed by atoms with E-state index in [1.165, 1.54) is 17.9 Å². The van der Waals surface area contributed by atoms with Crippen LogP contribution in [0.5, 0.6) is 5.75 Å². The number of nitrogens with zero attached hydrogens (tertiary/aromatic N) is 1. The third kappa shape index (κ3) is 4.59. The van der Waals surface area contributed by atoms with E-state index in [1.54, 1.807) is 43.3 Å². The molecule has 11 nitrogen and oxygen atoms in total. The van der Waals surface area contributed by atoms with Gasteiger partial charge in [-0.05, 0) is 57.0 Å². The van der Waals surface area contributed by atoms with Crippen molar-refractivity contribution in [2.45, 2.75) is 38.3 Å². The van der Waals surface area contributed by atoms with Crippen LogP contribution in [-0.2, 0) is 19.1 Å². The molecule has 2 aliphatic heterocycles. The molecule has 1 fully saturated rings. The number of hydrogen-bond acceptors (Lipinski definition) is 7. The number of amides is 3. The number of rotatable bonds is 6. The zero-order valence-corrected chi connectivity index (χ0v) is 19.9. The van der Waals surface area contributed by atoms with Crippen molar-refractivity contribution in [2.75, 3.05) is 23.8 Å². The molecule has 0 saturated carbocycles. The summed E-state index contributed by atoms with van der Waals surface area (Å²) < 4.78 is 11.0. The Balaban J connectivity index is 1.49. The minimum Gasteiger partial charge on any atom is -0.466 e. The van der Waals surface area contributed by atoms with Crippen LogP contribution < -0.4 is 21.1 Å². The molecular formula is C25H27N5O6. The van der Waals surface area contributed by atoms with E-state index in [0.717, 1.165) is 0 Å². The number of fused-ring (bicyclic) bond motifs is 1. The molecule has 0 spiro atoms. The summed E-state index contributed by atoms with van der Waals surface area (Å²) in [6, 6.07) is 10.1. The smallest absolute Gasteiger partial charge is 0.328 e. The summed E-state index contributed by atoms with van der Waals surface area (Å²) in [6.45, 7) is 3.58. The number of nitrogens with one attached hydrogen (secondary N) is 3. The molecule has 188 valence electrons. The fourth-order valence-corrected chi connectivity index (χ4v) is 4.21. The maximum atomic E-state index is 13.4. The average Bonchev–Trinajstić information content (AvgIpc) is 3.34. The first-order valence-corrected chi connectivity index (χ1v) is 11.5. The number of hydrogen-bond donors (Lipinski definition) is 4. The number of carbonyl (C=O) groups excluding carboxylic acids is 4. The summed E-state index contributed by atoms with van der Waals surface area (Å²) in [5.41, 5.74) is 5.12. The predicted octanol–water partition coefficient (Wildman–Crippen LogP) is 1.87. The molecule has 11 heteroatoms. The minimum absolute atomic E-state index is 0.0981. The molecule has 1 saturated heterocycles. The molecule has 0 aliphatic carbocycles. The molecule has 3 amide bonds. The average molecular weight is 494 g/mol. The van der Waals surface area contributed by atoms with Crippen molar-refractivity contribution in [3.63, 3.8) is 0 Å². The SMILES string of the molecule is CCOC(=O)[C@@H]1CCCN1C(=O)[C@]1(C)Oc2ccc(NC(=O)c3ccc(C(=N)N)cc3)cc2NC1=O. The Labute approximate surface area is 207 Å². The lowest BCUT2D eigenvalue weighted by Crippen LogP contribution is -2.61. The Morgan fingerprint density at radius 2 is 1.92 bits per heavy atom. The Hall–Kier alpha value is -4.41. The number of nitrogens with two attached hydrogens (primary N) is 1. The van der Waals surface area contributed by atoms with Gasteiger partial charge in [0.15, 0.2) is 0 Å². The van der Waals surface area contributed by atoms with Gasteiger partial charge in [-0.3, -0.25) is 19.8 Å². The van der Waals surface area contributed by atoms with Gasteiger partial charge in [0.05, 0.1) is 12.3 Å². The van der Waals surface area contributed by atoms with Gasteiger partial charge in [0.25, 0.3) is 23.3 Å². The van der Waals surface area contributed by atoms with Gasteiger partial charge >= 0.3 is 5.97 Å². The maximum Gasteiger partial charge on any atom is 0.328 e. The number of amidine groups is 1. The number of carbonyl (C=O) groups is 4. The fourth-order valence-electron chi connectivity index (χ4n) is 4.21. The van der Waals surface area contributed by atoms with E-state index in [9.17, 15) is 19.2 Å². The first kappa shape index (κ1) is 24.7. The van der Waals surface area contributed by atoms with Gasteiger partial charge in [0.1, 0.15) is 17.6 Å². The molecule has 2 aromatic carbocycles. The highest BCUT2D eigenvalue weighted by atomic mass is 16.5. The normalized spacial score (nSPS) is 20.6. The molecule has 2 heterocycles. The third-order valence-electron chi connectivity index (χ3n) is 6.17. The Morgan fingerprint density at radius 1 is 1.22 bits per heavy atom. The van der Waals surface area contributed by atoms with Crippen molar-refractivity contribution in [3.8, 4) is 5.75 Å². The minimum atomic E-state index is -1.87. The van der Waals surface area contributed by atoms with Crippen molar-refractivity contribution in [2.24, 2.45) is 5.73 Å². The molecule has 4 rings (SSSR count). The van der Waals surface area contributed by atoms with Gasteiger partial charge in [-0.2, -0.15) is 0 Å². The van der Waals surface area contributed by atoms with Crippen LogP contribution in [0.1, 0.15) is 42.6 Å². The van der Waals surface area contributed by atoms with E-state index in [2.05, 4.69) is 10.6 Å². The maximum absolute atomic E-state index is 13.4. The van der Waals surface area contributed by atoms with Crippen molar-refractivity contribution in [1.29, 1.82) is 5.41 Å². The van der Waals surface area contributed by atoms with Gasteiger partial charge < -0.3 is 30.7 Å². The van der Waals surface area contributed by atoms with Crippen molar-refractivity contribution < 1.29 is 28.7 Å². The van der Waals surface area contributed by atoms with Gasteiger partial charge in [0, 0.05) is 23.4 Å². The van der Waals surface area contributed by atoms with Gasteiger partial charge in [-0.25, -0.2) is 4.79 Å². The summed E-state index contributed by atoms with van der Waals surface area (Å²) in [4.78, 5) is 52.6. The molecular weight excluding hydrogens is 466 g/mol. The lowest BCUT2D eigenvalue weighted by molar-refractivity contribution is -0.162. The van der Waals surface area contributed by atoms with Gasteiger partial charge in [-0.1, -0.05) is 12.1 Å². The number of nitrogen functional groups attached to an aromatic ring is 1. The largest absolute Gasteiger partial charge is 0.466 e. The fraction of sp³-hybridized carbons (Fsp3) is 0.320. The van der Waals surface area contributed by atoms with E-state index < -0.39 is 35.3 Å². The van der Waals surface area contributed by atoms with E-state index in [1.807, 2.05) is 0 Å². The lowest BCUT2D eigenvalue weighted by Gasteiger charge is -2.37. The highest BCUT2D eigenvalue weighted by Crippen LogP contribution is 2.37. The van der Waals surface area contributed by atoms with Crippen LogP contribution in [0, 0.1) is 5.41 Å². The molecule has 36 heavy (non-hydrogen) atoms. The summed E-state index contributed by atoms with van der Waals surface area (Å²) in [5, 5.41) is 12.8. The predicted molar refractivity (Wildman–Crippen MR) is 131 cm³/mol. The van der Waals surface area contributed by atoms with Crippen molar-refractivity contribution in [1.82, 2.24) is 4.90 Å². The van der Waals surface area contributed by atoms with Crippen LogP contribution in [-0.4, -0.2) is 59.2 Å². The van der Waals surface area contributed by atoms with Crippen LogP contribution >= 0.6 is 0 Å². The second-order valence-corrected chi connectivity index (χ2v) is 8.65. The summed E-state index contributed by atoms with van der Waals surface area (Å²) in [7, 11) is 0. The number of esters is 1. The van der Waals surface area contributed by atoms with Crippen LogP contribution in [0.3, 0.4) is 0 Å². The summed E-state index contributed by atoms with van der Waals surface area (Å²) >= 11 is 0. The number of likely N-dealkylation sites (tertiary alicyclic amines) is 1. The van der Waals surface area contributed by atoms with Crippen molar-refractivity contribution >= 4 is 40.9 Å². The summed E-state index contributed by atoms with van der Waals surface area (Å²) in [6.07, 6.45) is 1.07. The third-order valence-corrected chi connectivity index (χ3v) is 6.17. The van der Waals surface area contributed by atoms with Gasteiger partial charge in [0.2, 0.25) is 0 Å². The Kier molecular flexibility index (Phi) is 6.65. The molecule has 0 aromatic heterocycles. The second-order valence-electron chi connectivity index (χ2n) is 8.65. The molecule has 2 aromatic rings. The first-order valence-electron chi connectivity index (χ1n) is 11.5. The molecule has 0 radical (unpaired) electrons. The van der Waals surface area contributed by atoms with E-state index >= 15 is 0 Å². The molecule has 0 bridgehead atoms. The highest BCUT2D eigenvalue weighted by molar-refractivity contribution is 6.16. The standard InChI is InChI=1S/C25H27N5O6/c1-3-35-22(32)18-5-4-12-30(18)24(34)25(2)23(33)29-17-13-16(10-11-19(17)36-25)28-21(31)15-8-6-14(7-9-15)20(26)27/h6-11,13,18H,3-5,12H2,1-2H3,(H3,26,27)(H,28,31)(H,29,33)/t18-,25+/m0/s1. The van der Waals surface area contributed by atoms with Gasteiger partial charge in [-0.15, -0.1) is 0 Å². The first-order chi connectivity index (χ1) is 17.1. The zero-order valence-electron chi connectivity index (χ0n) is 19.9. The van der Waals surface area contributed by atoms with Crippen LogP contribution in [0.25, 0.3) is 0 Å². The van der Waals surface area contributed by atoms with Crippen LogP contribution in [0.15, 0.2) is 42.5 Å². The molecule has 2 atom stereocenters. The topological polar surface area (TPSA) is 164 Å². The monoisotopic (exact) mass is 493 g/mol. The Morgan fingerprint density at radius 3 is 2.58 bits per heavy atom. The second kappa shape index (κ2) is 9.68. The molecule has 2 aliphatic rings. The molecule has 0 unspecified atom stereocenters. The van der Waals surface area contributed by atoms with Crippen molar-refractivity contribution in [3.05, 3.63) is 53.6 Å². The van der Waals surface area contributed by atoms with E-state index in [4.69, 9.17) is 20.6 Å². The number of ether oxygens (including phenoxy) is 2. The van der Waals surface area contributed by atoms with E-state index in [0.29, 0.717) is 41.9 Å². The van der Waals surface area contributed by atoms with Crippen LogP contribution in [0.4, 0.5) is 11.4 Å². The summed E-state index contributed by atoms with van der Waals surface area (Å²) in [5.74, 6) is -2.04. The quantitative estimate of drug-likeness (QED) is 0.206.